The summed E-state index contributed by atoms with van der Waals surface area (Å²) in [5.41, 5.74) is 0.742. The van der Waals surface area contributed by atoms with Crippen LogP contribution in [0, 0.1) is 0 Å². The second-order valence-electron chi connectivity index (χ2n) is 3.88. The summed E-state index contributed by atoms with van der Waals surface area (Å²) < 4.78 is 4.29. The van der Waals surface area contributed by atoms with Crippen LogP contribution in [0.5, 0.6) is 0 Å². The highest BCUT2D eigenvalue weighted by Gasteiger charge is 2.41. The summed E-state index contributed by atoms with van der Waals surface area (Å²) in [6, 6.07) is 7.62. The molecule has 19 heavy (non-hydrogen) atoms. The Balaban J connectivity index is 2.03. The zero-order chi connectivity index (χ0) is 13.8. The van der Waals surface area contributed by atoms with Crippen LogP contribution in [-0.2, 0) is 25.8 Å². The molecule has 1 aliphatic rings. The molecule has 0 spiro atoms. The minimum absolute atomic E-state index is 0.0227. The first kappa shape index (κ1) is 13.0. The highest BCUT2D eigenvalue weighted by atomic mass is 16.7. The van der Waals surface area contributed by atoms with Crippen molar-refractivity contribution in [3.8, 4) is 0 Å². The summed E-state index contributed by atoms with van der Waals surface area (Å²) in [5.74, 6) is -1.68. The van der Waals surface area contributed by atoms with Crippen molar-refractivity contribution in [1.82, 2.24) is 5.06 Å². The number of carbonyl (C=O) groups excluding carboxylic acids is 2. The Morgan fingerprint density at radius 1 is 1.37 bits per heavy atom. The number of esters is 2. The van der Waals surface area contributed by atoms with Crippen molar-refractivity contribution in [1.29, 1.82) is 0 Å². The summed E-state index contributed by atoms with van der Waals surface area (Å²) in [6.45, 7) is -0.0227. The summed E-state index contributed by atoms with van der Waals surface area (Å²) in [5, 5.41) is 9.46. The molecule has 1 atom stereocenters. The van der Waals surface area contributed by atoms with Crippen molar-refractivity contribution in [2.24, 2.45) is 0 Å². The van der Waals surface area contributed by atoms with Gasteiger partial charge in [-0.1, -0.05) is 30.3 Å². The SMILES string of the molecule is O=C1C[C@H](N(OCc2ccccc2)C(=O)O)C(=O)O1. The van der Waals surface area contributed by atoms with Crippen LogP contribution in [0.15, 0.2) is 30.3 Å². The first-order valence-electron chi connectivity index (χ1n) is 5.51. The van der Waals surface area contributed by atoms with Gasteiger partial charge in [0, 0.05) is 0 Å². The van der Waals surface area contributed by atoms with Gasteiger partial charge >= 0.3 is 18.0 Å². The molecule has 1 aromatic rings. The molecule has 1 saturated heterocycles. The molecule has 1 fully saturated rings. The van der Waals surface area contributed by atoms with Gasteiger partial charge in [-0.05, 0) is 5.56 Å². The van der Waals surface area contributed by atoms with E-state index in [2.05, 4.69) is 4.74 Å². The van der Waals surface area contributed by atoms with Gasteiger partial charge in [0.05, 0.1) is 6.42 Å². The van der Waals surface area contributed by atoms with E-state index in [1.807, 2.05) is 6.07 Å². The van der Waals surface area contributed by atoms with E-state index in [9.17, 15) is 14.4 Å². The summed E-state index contributed by atoms with van der Waals surface area (Å²) >= 11 is 0. The van der Waals surface area contributed by atoms with E-state index in [-0.39, 0.29) is 13.0 Å². The van der Waals surface area contributed by atoms with Crippen molar-refractivity contribution in [3.05, 3.63) is 35.9 Å². The Bertz CT molecular complexity index is 500. The third-order valence-electron chi connectivity index (χ3n) is 2.53. The smallest absolute Gasteiger partial charge is 0.432 e. The van der Waals surface area contributed by atoms with Gasteiger partial charge in [0.25, 0.3) is 0 Å². The van der Waals surface area contributed by atoms with Crippen LogP contribution in [0.2, 0.25) is 0 Å². The monoisotopic (exact) mass is 265 g/mol. The molecule has 1 amide bonds. The minimum atomic E-state index is -1.45. The van der Waals surface area contributed by atoms with Crippen LogP contribution in [0.25, 0.3) is 0 Å². The molecule has 1 aromatic carbocycles. The van der Waals surface area contributed by atoms with Crippen LogP contribution in [0.3, 0.4) is 0 Å². The molecule has 1 N–H and O–H groups in total. The fourth-order valence-electron chi connectivity index (χ4n) is 1.64. The van der Waals surface area contributed by atoms with E-state index in [0.717, 1.165) is 5.56 Å². The second kappa shape index (κ2) is 5.49. The van der Waals surface area contributed by atoms with Crippen LogP contribution >= 0.6 is 0 Å². The molecule has 0 unspecified atom stereocenters. The second-order valence-corrected chi connectivity index (χ2v) is 3.88. The molecular weight excluding hydrogens is 254 g/mol. The maximum absolute atomic E-state index is 11.3. The lowest BCUT2D eigenvalue weighted by Crippen LogP contribution is -2.42. The Morgan fingerprint density at radius 3 is 2.58 bits per heavy atom. The quantitative estimate of drug-likeness (QED) is 0.494. The molecule has 0 aromatic heterocycles. The lowest BCUT2D eigenvalue weighted by Gasteiger charge is -2.21. The number of benzene rings is 1. The highest BCUT2D eigenvalue weighted by molar-refractivity contribution is 5.98. The number of ether oxygens (including phenoxy) is 1. The maximum Gasteiger partial charge on any atom is 0.432 e. The molecule has 1 heterocycles. The number of carbonyl (C=O) groups is 3. The molecule has 1 aliphatic heterocycles. The van der Waals surface area contributed by atoms with E-state index in [1.165, 1.54) is 0 Å². The van der Waals surface area contributed by atoms with Crippen LogP contribution in [-0.4, -0.2) is 34.2 Å². The molecule has 7 heteroatoms. The number of cyclic esters (lactones) is 2. The van der Waals surface area contributed by atoms with Crippen molar-refractivity contribution >= 4 is 18.0 Å². The first-order valence-corrected chi connectivity index (χ1v) is 5.51. The molecule has 100 valence electrons. The van der Waals surface area contributed by atoms with Gasteiger partial charge < -0.3 is 9.84 Å². The number of hydrogen-bond donors (Lipinski definition) is 1. The van der Waals surface area contributed by atoms with Gasteiger partial charge in [-0.2, -0.15) is 5.06 Å². The van der Waals surface area contributed by atoms with Gasteiger partial charge in [-0.25, -0.2) is 9.59 Å². The van der Waals surface area contributed by atoms with E-state index in [1.54, 1.807) is 24.3 Å². The van der Waals surface area contributed by atoms with Crippen molar-refractivity contribution in [2.45, 2.75) is 19.1 Å². The van der Waals surface area contributed by atoms with E-state index in [0.29, 0.717) is 5.06 Å². The first-order chi connectivity index (χ1) is 9.08. The van der Waals surface area contributed by atoms with Crippen LogP contribution in [0.4, 0.5) is 4.79 Å². The van der Waals surface area contributed by atoms with Crippen LogP contribution < -0.4 is 0 Å². The van der Waals surface area contributed by atoms with Gasteiger partial charge in [-0.3, -0.25) is 9.63 Å². The number of carboxylic acid groups (broad SMARTS) is 1. The van der Waals surface area contributed by atoms with Gasteiger partial charge in [-0.15, -0.1) is 0 Å². The lowest BCUT2D eigenvalue weighted by atomic mass is 10.2. The standard InChI is InChI=1S/C12H11NO6/c14-10-6-9(11(15)19-10)13(12(16)17)18-7-8-4-2-1-3-5-8/h1-5,9H,6-7H2,(H,16,17)/t9-/m0/s1. The number of hydrogen-bond acceptors (Lipinski definition) is 5. The van der Waals surface area contributed by atoms with Crippen molar-refractivity contribution in [3.63, 3.8) is 0 Å². The highest BCUT2D eigenvalue weighted by Crippen LogP contribution is 2.17. The number of nitrogens with zero attached hydrogens (tertiary/aromatic N) is 1. The third-order valence-corrected chi connectivity index (χ3v) is 2.53. The molecule has 0 radical (unpaired) electrons. The zero-order valence-electron chi connectivity index (χ0n) is 9.81. The van der Waals surface area contributed by atoms with Crippen molar-refractivity contribution in [2.75, 3.05) is 0 Å². The predicted octanol–water partition coefficient (Wildman–Crippen LogP) is 0.940. The molecule has 0 aliphatic carbocycles. The molecule has 0 saturated carbocycles. The van der Waals surface area contributed by atoms with Gasteiger partial charge in [0.2, 0.25) is 0 Å². The number of hydroxylamine groups is 2. The van der Waals surface area contributed by atoms with Gasteiger partial charge in [0.1, 0.15) is 6.61 Å². The van der Waals surface area contributed by atoms with Crippen LogP contribution in [0.1, 0.15) is 12.0 Å². The zero-order valence-corrected chi connectivity index (χ0v) is 9.81. The summed E-state index contributed by atoms with van der Waals surface area (Å²) in [7, 11) is 0. The largest absolute Gasteiger partial charge is 0.463 e. The molecular formula is C12H11NO6. The van der Waals surface area contributed by atoms with Gasteiger partial charge in [0.15, 0.2) is 6.04 Å². The fraction of sp³-hybridized carbons (Fsp3) is 0.250. The average molecular weight is 265 g/mol. The normalized spacial score (nSPS) is 18.2. The Kier molecular flexibility index (Phi) is 3.76. The Morgan fingerprint density at radius 2 is 2.05 bits per heavy atom. The van der Waals surface area contributed by atoms with E-state index >= 15 is 0 Å². The van der Waals surface area contributed by atoms with E-state index < -0.39 is 24.1 Å². The Labute approximate surface area is 108 Å². The number of rotatable bonds is 4. The molecule has 7 nitrogen and oxygen atoms in total. The number of amides is 1. The third kappa shape index (κ3) is 3.08. The predicted molar refractivity (Wildman–Crippen MR) is 60.6 cm³/mol. The maximum atomic E-state index is 11.3. The summed E-state index contributed by atoms with van der Waals surface area (Å²) in [6.07, 6.45) is -1.78. The van der Waals surface area contributed by atoms with Crippen molar-refractivity contribution < 1.29 is 29.1 Å². The summed E-state index contributed by atoms with van der Waals surface area (Å²) in [4.78, 5) is 38.4. The molecule has 0 bridgehead atoms. The average Bonchev–Trinajstić information content (AvgIpc) is 2.70. The Hall–Kier alpha value is -2.41. The molecule has 2 rings (SSSR count). The van der Waals surface area contributed by atoms with E-state index in [4.69, 9.17) is 9.94 Å². The lowest BCUT2D eigenvalue weighted by molar-refractivity contribution is -0.179. The fourth-order valence-corrected chi connectivity index (χ4v) is 1.64. The minimum Gasteiger partial charge on any atom is -0.463 e. The topological polar surface area (TPSA) is 93.1 Å².